The molecule has 6 rings (SSSR count). The number of Topliss-reactive ketones (excluding diaryl/α,β-unsaturated/α-hetero) is 1. The van der Waals surface area contributed by atoms with Gasteiger partial charge >= 0.3 is 0 Å². The van der Waals surface area contributed by atoms with Crippen molar-refractivity contribution in [2.75, 3.05) is 0 Å². The number of aryl methyl sites for hydroxylation is 2. The fourth-order valence-corrected chi connectivity index (χ4v) is 4.90. The fourth-order valence-electron chi connectivity index (χ4n) is 4.90. The lowest BCUT2D eigenvalue weighted by Gasteiger charge is -2.15. The number of rotatable bonds is 4. The first kappa shape index (κ1) is 16.7. The van der Waals surface area contributed by atoms with Crippen molar-refractivity contribution in [3.05, 3.63) is 34.7 Å². The fraction of sp³-hybridized carbons (Fsp3) is 0.522. The van der Waals surface area contributed by atoms with E-state index in [9.17, 15) is 4.79 Å². The van der Waals surface area contributed by atoms with Gasteiger partial charge in [-0.15, -0.1) is 0 Å². The Labute approximate surface area is 164 Å². The van der Waals surface area contributed by atoms with Crippen LogP contribution in [-0.2, 0) is 11.2 Å². The Morgan fingerprint density at radius 3 is 2.61 bits per heavy atom. The molecule has 0 amide bonds. The molecule has 144 valence electrons. The molecule has 2 aliphatic heterocycles. The van der Waals surface area contributed by atoms with Crippen LogP contribution >= 0.6 is 0 Å². The van der Waals surface area contributed by atoms with Gasteiger partial charge in [-0.3, -0.25) is 9.79 Å². The molecule has 1 atom stereocenters. The number of ketones is 1. The van der Waals surface area contributed by atoms with E-state index in [4.69, 9.17) is 14.3 Å². The topological polar surface area (TPSA) is 64.7 Å². The molecule has 28 heavy (non-hydrogen) atoms. The standard InChI is InChI=1S/C23H24N2O3/c1-12-20(13(2)28-25-12)15-9-16-11-18(14-3-4-14)24-21(16)17(10-15)22(26)19-5-6-23(27-19)7-8-23/h9-10,14,19H,3-8,11H2,1-2H3/t19-/m1/s1. The molecule has 2 aromatic rings. The molecule has 0 unspecified atom stereocenters. The summed E-state index contributed by atoms with van der Waals surface area (Å²) < 4.78 is 11.6. The smallest absolute Gasteiger partial charge is 0.193 e. The summed E-state index contributed by atoms with van der Waals surface area (Å²) in [6.07, 6.45) is 6.99. The number of fused-ring (bicyclic) bond motifs is 1. The van der Waals surface area contributed by atoms with Gasteiger partial charge in [0.05, 0.1) is 17.0 Å². The van der Waals surface area contributed by atoms with Gasteiger partial charge in [0.15, 0.2) is 5.78 Å². The van der Waals surface area contributed by atoms with Gasteiger partial charge in [-0.2, -0.15) is 0 Å². The predicted octanol–water partition coefficient (Wildman–Crippen LogP) is 4.89. The van der Waals surface area contributed by atoms with Gasteiger partial charge in [-0.25, -0.2) is 0 Å². The molecule has 3 fully saturated rings. The molecule has 1 aromatic heterocycles. The van der Waals surface area contributed by atoms with Crippen molar-refractivity contribution in [1.82, 2.24) is 5.16 Å². The van der Waals surface area contributed by atoms with Crippen LogP contribution in [0, 0.1) is 19.8 Å². The molecule has 1 spiro atoms. The summed E-state index contributed by atoms with van der Waals surface area (Å²) in [5.74, 6) is 1.48. The Morgan fingerprint density at radius 2 is 1.96 bits per heavy atom. The summed E-state index contributed by atoms with van der Waals surface area (Å²) in [5, 5.41) is 4.11. The molecule has 0 bridgehead atoms. The average Bonchev–Trinajstić information content (AvgIpc) is 3.54. The molecular weight excluding hydrogens is 352 g/mol. The minimum absolute atomic E-state index is 0.00516. The molecular formula is C23H24N2O3. The van der Waals surface area contributed by atoms with Gasteiger partial charge < -0.3 is 9.26 Å². The van der Waals surface area contributed by atoms with Crippen molar-refractivity contribution in [2.24, 2.45) is 10.9 Å². The van der Waals surface area contributed by atoms with E-state index in [2.05, 4.69) is 11.2 Å². The number of carbonyl (C=O) groups excluding carboxylic acids is 1. The molecule has 0 radical (unpaired) electrons. The first-order chi connectivity index (χ1) is 13.5. The van der Waals surface area contributed by atoms with Crippen molar-refractivity contribution >= 4 is 17.2 Å². The Bertz CT molecular complexity index is 1020. The molecule has 0 N–H and O–H groups in total. The van der Waals surface area contributed by atoms with Crippen LogP contribution in [0.25, 0.3) is 11.1 Å². The summed E-state index contributed by atoms with van der Waals surface area (Å²) in [6, 6.07) is 4.17. The maximum Gasteiger partial charge on any atom is 0.193 e. The summed E-state index contributed by atoms with van der Waals surface area (Å²) in [4.78, 5) is 18.4. The molecule has 2 saturated carbocycles. The lowest BCUT2D eigenvalue weighted by molar-refractivity contribution is 0.0266. The van der Waals surface area contributed by atoms with Crippen LogP contribution in [0.15, 0.2) is 21.6 Å². The quantitative estimate of drug-likeness (QED) is 0.713. The maximum absolute atomic E-state index is 13.5. The number of benzene rings is 1. The number of hydrogen-bond donors (Lipinski definition) is 0. The average molecular weight is 376 g/mol. The van der Waals surface area contributed by atoms with Crippen molar-refractivity contribution in [1.29, 1.82) is 0 Å². The second-order valence-electron chi connectivity index (χ2n) is 8.98. The number of carbonyl (C=O) groups is 1. The number of hydrogen-bond acceptors (Lipinski definition) is 5. The highest BCUT2D eigenvalue weighted by molar-refractivity contribution is 6.09. The van der Waals surface area contributed by atoms with Crippen LogP contribution in [0.4, 0.5) is 5.69 Å². The Morgan fingerprint density at radius 1 is 1.14 bits per heavy atom. The van der Waals surface area contributed by atoms with E-state index >= 15 is 0 Å². The normalized spacial score (nSPS) is 24.5. The minimum atomic E-state index is -0.327. The lowest BCUT2D eigenvalue weighted by atomic mass is 9.92. The lowest BCUT2D eigenvalue weighted by Crippen LogP contribution is -2.22. The van der Waals surface area contributed by atoms with Gasteiger partial charge in [0.1, 0.15) is 11.9 Å². The second-order valence-corrected chi connectivity index (χ2v) is 8.98. The van der Waals surface area contributed by atoms with E-state index in [1.165, 1.54) is 18.6 Å². The predicted molar refractivity (Wildman–Crippen MR) is 105 cm³/mol. The molecule has 5 nitrogen and oxygen atoms in total. The van der Waals surface area contributed by atoms with Crippen LogP contribution in [0.2, 0.25) is 0 Å². The number of aromatic nitrogens is 1. The second kappa shape index (κ2) is 5.63. The first-order valence-electron chi connectivity index (χ1n) is 10.4. The molecule has 4 aliphatic rings. The van der Waals surface area contributed by atoms with Gasteiger partial charge in [-0.1, -0.05) is 5.16 Å². The van der Waals surface area contributed by atoms with Crippen molar-refractivity contribution in [3.8, 4) is 11.1 Å². The van der Waals surface area contributed by atoms with Gasteiger partial charge in [0.25, 0.3) is 0 Å². The van der Waals surface area contributed by atoms with E-state index in [1.54, 1.807) is 0 Å². The SMILES string of the molecule is Cc1noc(C)c1-c1cc2c(c(C(=O)[C@H]3CCC4(CC4)O3)c1)N=C(C1CC1)C2. The van der Waals surface area contributed by atoms with E-state index in [1.807, 2.05) is 19.9 Å². The third-order valence-corrected chi connectivity index (χ3v) is 6.81. The summed E-state index contributed by atoms with van der Waals surface area (Å²) in [5.41, 5.74) is 6.84. The number of aliphatic imine (C=N–C) groups is 1. The zero-order valence-corrected chi connectivity index (χ0v) is 16.4. The number of ether oxygens (including phenoxy) is 1. The summed E-state index contributed by atoms with van der Waals surface area (Å²) in [6.45, 7) is 3.87. The summed E-state index contributed by atoms with van der Waals surface area (Å²) >= 11 is 0. The summed E-state index contributed by atoms with van der Waals surface area (Å²) in [7, 11) is 0. The number of nitrogens with zero attached hydrogens (tertiary/aromatic N) is 2. The Balaban J connectivity index is 1.45. The zero-order valence-electron chi connectivity index (χ0n) is 16.4. The van der Waals surface area contributed by atoms with E-state index in [-0.39, 0.29) is 17.5 Å². The van der Waals surface area contributed by atoms with Crippen LogP contribution < -0.4 is 0 Å². The highest BCUT2D eigenvalue weighted by Crippen LogP contribution is 2.51. The van der Waals surface area contributed by atoms with Gasteiger partial charge in [0.2, 0.25) is 0 Å². The van der Waals surface area contributed by atoms with Gasteiger partial charge in [0, 0.05) is 23.3 Å². The highest BCUT2D eigenvalue weighted by atomic mass is 16.5. The van der Waals surface area contributed by atoms with Crippen molar-refractivity contribution < 1.29 is 14.1 Å². The molecule has 1 aromatic carbocycles. The van der Waals surface area contributed by atoms with E-state index in [0.717, 1.165) is 65.9 Å². The Kier molecular flexibility index (Phi) is 3.35. The Hall–Kier alpha value is -2.27. The monoisotopic (exact) mass is 376 g/mol. The first-order valence-corrected chi connectivity index (χ1v) is 10.4. The third kappa shape index (κ3) is 2.52. The third-order valence-electron chi connectivity index (χ3n) is 6.81. The van der Waals surface area contributed by atoms with Crippen molar-refractivity contribution in [3.63, 3.8) is 0 Å². The van der Waals surface area contributed by atoms with Crippen LogP contribution in [0.1, 0.15) is 65.9 Å². The maximum atomic E-state index is 13.5. The van der Waals surface area contributed by atoms with Crippen LogP contribution in [-0.4, -0.2) is 28.4 Å². The highest BCUT2D eigenvalue weighted by Gasteiger charge is 2.51. The van der Waals surface area contributed by atoms with E-state index < -0.39 is 0 Å². The van der Waals surface area contributed by atoms with Crippen molar-refractivity contribution in [2.45, 2.75) is 70.5 Å². The van der Waals surface area contributed by atoms with Crippen LogP contribution in [0.3, 0.4) is 0 Å². The minimum Gasteiger partial charge on any atom is -0.364 e. The molecule has 3 heterocycles. The molecule has 1 saturated heterocycles. The van der Waals surface area contributed by atoms with Crippen LogP contribution in [0.5, 0.6) is 0 Å². The van der Waals surface area contributed by atoms with E-state index in [0.29, 0.717) is 11.5 Å². The van der Waals surface area contributed by atoms with Gasteiger partial charge in [-0.05, 0) is 81.5 Å². The zero-order chi connectivity index (χ0) is 19.0. The largest absolute Gasteiger partial charge is 0.364 e. The molecule has 5 heteroatoms. The molecule has 2 aliphatic carbocycles.